The van der Waals surface area contributed by atoms with Crippen LogP contribution in [-0.4, -0.2) is 75.4 Å². The third-order valence-electron chi connectivity index (χ3n) is 6.04. The number of nitrogens with one attached hydrogen (secondary N) is 2. The fourth-order valence-electron chi connectivity index (χ4n) is 4.38. The van der Waals surface area contributed by atoms with E-state index in [1.807, 2.05) is 0 Å². The standard InChI is InChI=1S/C19H34N4O3.HI/c1-19(2)16(14-8-10-26-17(14)19)22-18(21-12-15(24)23(3)4)20-11-13-7-5-6-9-25-13;/h13-14,16-17H,5-12H2,1-4H3,(H2,20,21,22);1H. The van der Waals surface area contributed by atoms with Crippen molar-refractivity contribution in [2.24, 2.45) is 16.3 Å². The van der Waals surface area contributed by atoms with Gasteiger partial charge >= 0.3 is 0 Å². The second kappa shape index (κ2) is 9.73. The van der Waals surface area contributed by atoms with Crippen LogP contribution in [0.1, 0.15) is 39.5 Å². The molecule has 2 aliphatic heterocycles. The molecular weight excluding hydrogens is 459 g/mol. The number of carbonyl (C=O) groups excluding carboxylic acids is 1. The summed E-state index contributed by atoms with van der Waals surface area (Å²) in [5.41, 5.74) is 0.0660. The molecule has 0 radical (unpaired) electrons. The van der Waals surface area contributed by atoms with Crippen LogP contribution in [-0.2, 0) is 14.3 Å². The smallest absolute Gasteiger partial charge is 0.243 e. The van der Waals surface area contributed by atoms with Gasteiger partial charge in [-0.05, 0) is 25.7 Å². The van der Waals surface area contributed by atoms with Crippen LogP contribution >= 0.6 is 24.0 Å². The predicted octanol–water partition coefficient (Wildman–Crippen LogP) is 1.61. The minimum Gasteiger partial charge on any atom is -0.377 e. The molecule has 0 aromatic heterocycles. The molecule has 2 saturated heterocycles. The Labute approximate surface area is 180 Å². The van der Waals surface area contributed by atoms with E-state index in [1.54, 1.807) is 19.0 Å². The number of guanidine groups is 1. The summed E-state index contributed by atoms with van der Waals surface area (Å²) in [6.07, 6.45) is 5.06. The maximum Gasteiger partial charge on any atom is 0.243 e. The van der Waals surface area contributed by atoms with Crippen molar-refractivity contribution in [3.05, 3.63) is 0 Å². The first-order valence-corrected chi connectivity index (χ1v) is 9.88. The van der Waals surface area contributed by atoms with Gasteiger partial charge in [-0.3, -0.25) is 4.79 Å². The second-order valence-corrected chi connectivity index (χ2v) is 8.51. The summed E-state index contributed by atoms with van der Waals surface area (Å²) in [5.74, 6) is 1.22. The molecule has 3 rings (SSSR count). The van der Waals surface area contributed by atoms with Crippen molar-refractivity contribution in [1.82, 2.24) is 15.5 Å². The normalized spacial score (nSPS) is 31.9. The molecule has 1 saturated carbocycles. The largest absolute Gasteiger partial charge is 0.377 e. The van der Waals surface area contributed by atoms with E-state index in [0.717, 1.165) is 39.0 Å². The highest BCUT2D eigenvalue weighted by Crippen LogP contribution is 2.52. The summed E-state index contributed by atoms with van der Waals surface area (Å²) in [6.45, 7) is 7.02. The lowest BCUT2D eigenvalue weighted by atomic mass is 9.57. The Bertz CT molecular complexity index is 535. The molecule has 4 unspecified atom stereocenters. The molecule has 0 aromatic carbocycles. The third kappa shape index (κ3) is 5.26. The molecule has 7 nitrogen and oxygen atoms in total. The highest BCUT2D eigenvalue weighted by Gasteiger charge is 2.59. The van der Waals surface area contributed by atoms with E-state index in [9.17, 15) is 4.79 Å². The number of hydrogen-bond donors (Lipinski definition) is 2. The number of hydrogen-bond acceptors (Lipinski definition) is 4. The number of rotatable bonds is 5. The van der Waals surface area contributed by atoms with Gasteiger partial charge < -0.3 is 25.0 Å². The van der Waals surface area contributed by atoms with Crippen molar-refractivity contribution < 1.29 is 14.3 Å². The maximum absolute atomic E-state index is 12.0. The van der Waals surface area contributed by atoms with Crippen LogP contribution in [0.3, 0.4) is 0 Å². The van der Waals surface area contributed by atoms with Gasteiger partial charge in [-0.2, -0.15) is 0 Å². The van der Waals surface area contributed by atoms with E-state index >= 15 is 0 Å². The molecule has 1 amide bonds. The number of ether oxygens (including phenoxy) is 2. The van der Waals surface area contributed by atoms with Crippen molar-refractivity contribution in [2.45, 2.75) is 57.8 Å². The van der Waals surface area contributed by atoms with Crippen LogP contribution in [0.15, 0.2) is 4.99 Å². The first-order valence-electron chi connectivity index (χ1n) is 9.88. The Balaban J connectivity index is 0.00000261. The Morgan fingerprint density at radius 1 is 1.19 bits per heavy atom. The summed E-state index contributed by atoms with van der Waals surface area (Å²) >= 11 is 0. The Kier molecular flexibility index (Phi) is 8.18. The maximum atomic E-state index is 12.0. The van der Waals surface area contributed by atoms with Crippen molar-refractivity contribution in [3.8, 4) is 0 Å². The van der Waals surface area contributed by atoms with Gasteiger partial charge in [-0.15, -0.1) is 24.0 Å². The van der Waals surface area contributed by atoms with Crippen LogP contribution in [0.2, 0.25) is 0 Å². The minimum atomic E-state index is -0.00466. The second-order valence-electron chi connectivity index (χ2n) is 8.51. The number of amides is 1. The molecule has 0 bridgehead atoms. The summed E-state index contributed by atoms with van der Waals surface area (Å²) in [4.78, 5) is 18.1. The molecule has 1 aliphatic carbocycles. The first kappa shape index (κ1) is 22.7. The SMILES string of the molecule is CN(C)C(=O)CN=C(NCC1CCCCO1)NC1C2CCOC2C1(C)C.I. The van der Waals surface area contributed by atoms with Gasteiger partial charge in [0.25, 0.3) is 0 Å². The quantitative estimate of drug-likeness (QED) is 0.345. The summed E-state index contributed by atoms with van der Waals surface area (Å²) in [5, 5.41) is 6.98. The lowest BCUT2D eigenvalue weighted by Gasteiger charge is -2.55. The van der Waals surface area contributed by atoms with E-state index in [1.165, 1.54) is 6.42 Å². The lowest BCUT2D eigenvalue weighted by molar-refractivity contribution is -0.127. The molecule has 0 aromatic rings. The van der Waals surface area contributed by atoms with Crippen molar-refractivity contribution >= 4 is 35.8 Å². The Morgan fingerprint density at radius 2 is 1.96 bits per heavy atom. The summed E-state index contributed by atoms with van der Waals surface area (Å²) in [6, 6.07) is 0.308. The van der Waals surface area contributed by atoms with Crippen molar-refractivity contribution in [2.75, 3.05) is 40.4 Å². The van der Waals surface area contributed by atoms with E-state index in [-0.39, 0.29) is 47.9 Å². The predicted molar refractivity (Wildman–Crippen MR) is 117 cm³/mol. The number of likely N-dealkylation sites (N-methyl/N-ethyl adjacent to an activating group) is 1. The molecule has 2 heterocycles. The molecule has 27 heavy (non-hydrogen) atoms. The molecule has 3 aliphatic rings. The average Bonchev–Trinajstić information content (AvgIpc) is 3.08. The van der Waals surface area contributed by atoms with Gasteiger partial charge in [0.1, 0.15) is 6.54 Å². The number of fused-ring (bicyclic) bond motifs is 1. The zero-order valence-electron chi connectivity index (χ0n) is 17.0. The molecule has 2 N–H and O–H groups in total. The zero-order valence-corrected chi connectivity index (χ0v) is 19.3. The molecule has 8 heteroatoms. The van der Waals surface area contributed by atoms with Gasteiger partial charge in [0, 0.05) is 51.2 Å². The van der Waals surface area contributed by atoms with Gasteiger partial charge in [0.15, 0.2) is 5.96 Å². The highest BCUT2D eigenvalue weighted by molar-refractivity contribution is 14.0. The number of nitrogens with zero attached hydrogens (tertiary/aromatic N) is 2. The Hall–Kier alpha value is -0.610. The zero-order chi connectivity index (χ0) is 18.7. The molecule has 3 fully saturated rings. The van der Waals surface area contributed by atoms with Gasteiger partial charge in [-0.1, -0.05) is 13.8 Å². The number of carbonyl (C=O) groups is 1. The van der Waals surface area contributed by atoms with Crippen molar-refractivity contribution in [1.29, 1.82) is 0 Å². The van der Waals surface area contributed by atoms with E-state index in [4.69, 9.17) is 9.47 Å². The van der Waals surface area contributed by atoms with Gasteiger partial charge in [0.2, 0.25) is 5.91 Å². The number of aliphatic imine (C=N–C) groups is 1. The highest BCUT2D eigenvalue weighted by atomic mass is 127. The fourth-order valence-corrected chi connectivity index (χ4v) is 4.38. The van der Waals surface area contributed by atoms with Crippen LogP contribution in [0.4, 0.5) is 0 Å². The number of halogens is 1. The van der Waals surface area contributed by atoms with Crippen LogP contribution in [0, 0.1) is 11.3 Å². The molecular formula is C19H35IN4O3. The topological polar surface area (TPSA) is 75.2 Å². The van der Waals surface area contributed by atoms with E-state index in [2.05, 4.69) is 29.5 Å². The van der Waals surface area contributed by atoms with Crippen molar-refractivity contribution in [3.63, 3.8) is 0 Å². The average molecular weight is 494 g/mol. The van der Waals surface area contributed by atoms with Crippen LogP contribution in [0.25, 0.3) is 0 Å². The van der Waals surface area contributed by atoms with Gasteiger partial charge in [-0.25, -0.2) is 4.99 Å². The summed E-state index contributed by atoms with van der Waals surface area (Å²) < 4.78 is 11.7. The van der Waals surface area contributed by atoms with E-state index in [0.29, 0.717) is 24.0 Å². The summed E-state index contributed by atoms with van der Waals surface area (Å²) in [7, 11) is 3.51. The monoisotopic (exact) mass is 494 g/mol. The molecule has 156 valence electrons. The van der Waals surface area contributed by atoms with Crippen LogP contribution in [0.5, 0.6) is 0 Å². The molecule has 4 atom stereocenters. The van der Waals surface area contributed by atoms with Gasteiger partial charge in [0.05, 0.1) is 12.2 Å². The van der Waals surface area contributed by atoms with Crippen LogP contribution < -0.4 is 10.6 Å². The molecule has 0 spiro atoms. The lowest BCUT2D eigenvalue weighted by Crippen LogP contribution is -2.68. The third-order valence-corrected chi connectivity index (χ3v) is 6.04. The minimum absolute atomic E-state index is 0. The first-order chi connectivity index (χ1) is 12.4. The van der Waals surface area contributed by atoms with E-state index < -0.39 is 0 Å². The fraction of sp³-hybridized carbons (Fsp3) is 0.895. The Morgan fingerprint density at radius 3 is 2.63 bits per heavy atom.